The Bertz CT molecular complexity index is 883. The third-order valence-electron chi connectivity index (χ3n) is 5.10. The number of amides is 2. The molecule has 3 heterocycles. The summed E-state index contributed by atoms with van der Waals surface area (Å²) in [6.07, 6.45) is 3.07. The highest BCUT2D eigenvalue weighted by Gasteiger charge is 2.32. The fourth-order valence-electron chi connectivity index (χ4n) is 3.76. The molecule has 7 heteroatoms. The Morgan fingerprint density at radius 2 is 1.88 bits per heavy atom. The molecule has 2 aliphatic heterocycles. The lowest BCUT2D eigenvalue weighted by Crippen LogP contribution is -2.48. The molecular weight excluding hydrogens is 320 g/mol. The highest BCUT2D eigenvalue weighted by molar-refractivity contribution is 5.93. The number of likely N-dealkylation sites (tertiary alicyclic amines) is 2. The van der Waals surface area contributed by atoms with Gasteiger partial charge in [-0.15, -0.1) is 0 Å². The fraction of sp³-hybridized carbons (Fsp3) is 0.444. The van der Waals surface area contributed by atoms with Crippen LogP contribution in [0.25, 0.3) is 11.0 Å². The fourth-order valence-corrected chi connectivity index (χ4v) is 3.76. The standard InChI is InChI=1S/C18H20N4O3/c23-15-6-3-9-22(15)12-7-10-21(11-8-12)18(25)16-17(24)20-14-5-2-1-4-13(14)19-16/h1-2,4-5,12H,3,6-11H2,(H,20,24). The van der Waals surface area contributed by atoms with Crippen molar-refractivity contribution in [1.82, 2.24) is 19.8 Å². The molecule has 0 unspecified atom stereocenters. The number of aromatic nitrogens is 2. The van der Waals surface area contributed by atoms with Crippen LogP contribution in [0.4, 0.5) is 0 Å². The van der Waals surface area contributed by atoms with E-state index in [0.717, 1.165) is 25.8 Å². The van der Waals surface area contributed by atoms with Gasteiger partial charge in [-0.05, 0) is 31.4 Å². The van der Waals surface area contributed by atoms with Gasteiger partial charge in [0.15, 0.2) is 5.69 Å². The average Bonchev–Trinajstić information content (AvgIpc) is 3.06. The summed E-state index contributed by atoms with van der Waals surface area (Å²) >= 11 is 0. The molecule has 0 atom stereocenters. The van der Waals surface area contributed by atoms with Gasteiger partial charge < -0.3 is 14.8 Å². The van der Waals surface area contributed by atoms with E-state index >= 15 is 0 Å². The molecule has 2 aromatic rings. The van der Waals surface area contributed by atoms with Gasteiger partial charge in [0.1, 0.15) is 0 Å². The summed E-state index contributed by atoms with van der Waals surface area (Å²) < 4.78 is 0. The second-order valence-corrected chi connectivity index (χ2v) is 6.65. The molecule has 2 fully saturated rings. The predicted molar refractivity (Wildman–Crippen MR) is 92.2 cm³/mol. The summed E-state index contributed by atoms with van der Waals surface area (Å²) in [6.45, 7) is 1.91. The smallest absolute Gasteiger partial charge is 0.280 e. The topological polar surface area (TPSA) is 86.4 Å². The van der Waals surface area contributed by atoms with Crippen LogP contribution >= 0.6 is 0 Å². The van der Waals surface area contributed by atoms with E-state index in [9.17, 15) is 14.4 Å². The minimum Gasteiger partial charge on any atom is -0.340 e. The van der Waals surface area contributed by atoms with E-state index in [0.29, 0.717) is 30.5 Å². The maximum Gasteiger partial charge on any atom is 0.280 e. The van der Waals surface area contributed by atoms with Crippen molar-refractivity contribution in [1.29, 1.82) is 0 Å². The molecular formula is C18H20N4O3. The Labute approximate surface area is 144 Å². The number of nitrogens with one attached hydrogen (secondary N) is 1. The summed E-state index contributed by atoms with van der Waals surface area (Å²) in [7, 11) is 0. The van der Waals surface area contributed by atoms with Gasteiger partial charge in [-0.1, -0.05) is 12.1 Å². The third kappa shape index (κ3) is 2.90. The molecule has 0 radical (unpaired) electrons. The number of aromatic amines is 1. The number of nitrogens with zero attached hydrogens (tertiary/aromatic N) is 3. The third-order valence-corrected chi connectivity index (χ3v) is 5.10. The van der Waals surface area contributed by atoms with Crippen molar-refractivity contribution >= 4 is 22.8 Å². The monoisotopic (exact) mass is 340 g/mol. The SMILES string of the molecule is O=C(c1nc2ccccc2[nH]c1=O)N1CCC(N2CCCC2=O)CC1. The van der Waals surface area contributed by atoms with Crippen molar-refractivity contribution in [2.75, 3.05) is 19.6 Å². The van der Waals surface area contributed by atoms with Gasteiger partial charge in [0.05, 0.1) is 11.0 Å². The number of piperidine rings is 1. The molecule has 0 spiro atoms. The predicted octanol–water partition coefficient (Wildman–Crippen LogP) is 1.15. The van der Waals surface area contributed by atoms with E-state index in [1.165, 1.54) is 0 Å². The normalized spacial score (nSPS) is 19.0. The van der Waals surface area contributed by atoms with Crippen LogP contribution in [0.2, 0.25) is 0 Å². The van der Waals surface area contributed by atoms with E-state index in [1.54, 1.807) is 17.0 Å². The molecule has 1 N–H and O–H groups in total. The van der Waals surface area contributed by atoms with E-state index < -0.39 is 5.56 Å². The molecule has 0 bridgehead atoms. The van der Waals surface area contributed by atoms with E-state index in [-0.39, 0.29) is 23.6 Å². The quantitative estimate of drug-likeness (QED) is 0.888. The molecule has 2 aliphatic rings. The first-order valence-electron chi connectivity index (χ1n) is 8.71. The van der Waals surface area contributed by atoms with Crippen molar-refractivity contribution in [2.24, 2.45) is 0 Å². The van der Waals surface area contributed by atoms with Crippen molar-refractivity contribution < 1.29 is 9.59 Å². The number of H-pyrrole nitrogens is 1. The summed E-state index contributed by atoms with van der Waals surface area (Å²) in [5.74, 6) is -0.115. The van der Waals surface area contributed by atoms with Crippen LogP contribution in [0, 0.1) is 0 Å². The molecule has 0 aliphatic carbocycles. The first-order valence-corrected chi connectivity index (χ1v) is 8.71. The lowest BCUT2D eigenvalue weighted by molar-refractivity contribution is -0.130. The molecule has 130 valence electrons. The second kappa shape index (κ2) is 6.31. The zero-order chi connectivity index (χ0) is 17.4. The first kappa shape index (κ1) is 15.8. The van der Waals surface area contributed by atoms with E-state index in [1.807, 2.05) is 17.0 Å². The number of hydrogen-bond acceptors (Lipinski definition) is 4. The van der Waals surface area contributed by atoms with Crippen LogP contribution in [-0.4, -0.2) is 57.3 Å². The van der Waals surface area contributed by atoms with Gasteiger partial charge in [0, 0.05) is 32.1 Å². The molecule has 0 saturated carbocycles. The molecule has 25 heavy (non-hydrogen) atoms. The van der Waals surface area contributed by atoms with Crippen molar-refractivity contribution in [3.05, 3.63) is 40.3 Å². The Hall–Kier alpha value is -2.70. The highest BCUT2D eigenvalue weighted by Crippen LogP contribution is 2.22. The Morgan fingerprint density at radius 1 is 1.12 bits per heavy atom. The zero-order valence-corrected chi connectivity index (χ0v) is 13.9. The number of benzene rings is 1. The van der Waals surface area contributed by atoms with Gasteiger partial charge in [0.25, 0.3) is 11.5 Å². The lowest BCUT2D eigenvalue weighted by atomic mass is 10.0. The number of carbonyl (C=O) groups is 2. The number of carbonyl (C=O) groups excluding carboxylic acids is 2. The van der Waals surface area contributed by atoms with Gasteiger partial charge in [-0.3, -0.25) is 14.4 Å². The summed E-state index contributed by atoms with van der Waals surface area (Å²) in [5.41, 5.74) is 0.702. The highest BCUT2D eigenvalue weighted by atomic mass is 16.2. The molecule has 7 nitrogen and oxygen atoms in total. The van der Waals surface area contributed by atoms with Crippen molar-refractivity contribution in [2.45, 2.75) is 31.7 Å². The first-order chi connectivity index (χ1) is 12.1. The molecule has 2 saturated heterocycles. The van der Waals surface area contributed by atoms with Crippen LogP contribution in [-0.2, 0) is 4.79 Å². The van der Waals surface area contributed by atoms with Crippen molar-refractivity contribution in [3.8, 4) is 0 Å². The summed E-state index contributed by atoms with van der Waals surface area (Å²) in [6, 6.07) is 7.37. The van der Waals surface area contributed by atoms with Gasteiger partial charge in [0.2, 0.25) is 5.91 Å². The zero-order valence-electron chi connectivity index (χ0n) is 13.9. The molecule has 2 amide bonds. The number of rotatable bonds is 2. The largest absolute Gasteiger partial charge is 0.340 e. The lowest BCUT2D eigenvalue weighted by Gasteiger charge is -2.36. The minimum atomic E-state index is -0.458. The van der Waals surface area contributed by atoms with Gasteiger partial charge >= 0.3 is 0 Å². The maximum atomic E-state index is 12.7. The number of para-hydroxylation sites is 2. The van der Waals surface area contributed by atoms with Crippen LogP contribution in [0.1, 0.15) is 36.2 Å². The van der Waals surface area contributed by atoms with E-state index in [2.05, 4.69) is 9.97 Å². The van der Waals surface area contributed by atoms with Crippen LogP contribution < -0.4 is 5.56 Å². The Morgan fingerprint density at radius 3 is 2.60 bits per heavy atom. The Balaban J connectivity index is 1.50. The number of fused-ring (bicyclic) bond motifs is 1. The Kier molecular flexibility index (Phi) is 3.99. The summed E-state index contributed by atoms with van der Waals surface area (Å²) in [4.78, 5) is 47.4. The molecule has 1 aromatic heterocycles. The van der Waals surface area contributed by atoms with Crippen LogP contribution in [0.5, 0.6) is 0 Å². The summed E-state index contributed by atoms with van der Waals surface area (Å²) in [5, 5.41) is 0. The van der Waals surface area contributed by atoms with Gasteiger partial charge in [-0.2, -0.15) is 0 Å². The van der Waals surface area contributed by atoms with Crippen LogP contribution in [0.15, 0.2) is 29.1 Å². The molecule has 4 rings (SSSR count). The second-order valence-electron chi connectivity index (χ2n) is 6.65. The minimum absolute atomic E-state index is 0.0607. The van der Waals surface area contributed by atoms with Crippen LogP contribution in [0.3, 0.4) is 0 Å². The average molecular weight is 340 g/mol. The van der Waals surface area contributed by atoms with Gasteiger partial charge in [-0.25, -0.2) is 4.98 Å². The van der Waals surface area contributed by atoms with E-state index in [4.69, 9.17) is 0 Å². The van der Waals surface area contributed by atoms with Crippen molar-refractivity contribution in [3.63, 3.8) is 0 Å². The maximum absolute atomic E-state index is 12.7. The number of hydrogen-bond donors (Lipinski definition) is 1. The molecule has 1 aromatic carbocycles.